The predicted octanol–water partition coefficient (Wildman–Crippen LogP) is 3.57. The quantitative estimate of drug-likeness (QED) is 0.683. The van der Waals surface area contributed by atoms with E-state index in [9.17, 15) is 0 Å². The number of para-hydroxylation sites is 2. The maximum Gasteiger partial charge on any atom is 0.223 e. The number of hydrogen-bond donors (Lipinski definition) is 2. The minimum Gasteiger partial charge on any atom is -0.486 e. The lowest BCUT2D eigenvalue weighted by Crippen LogP contribution is -2.43. The van der Waals surface area contributed by atoms with E-state index in [0.29, 0.717) is 19.1 Å². The van der Waals surface area contributed by atoms with Gasteiger partial charge in [-0.1, -0.05) is 36.4 Å². The number of nitrogens with zero attached hydrogens (tertiary/aromatic N) is 2. The standard InChI is InChI=1S/C25H26N4O2/c1-2-6-20-19(5-1)23-17(13-25(20)9-11-26-12-10-25)14-27-24(29-23)28-15-18-16-30-21-7-3-4-8-22(21)31-18/h1-8,14,18,26H,9-13,15-16H2,(H,27,28,29). The van der Waals surface area contributed by atoms with Gasteiger partial charge in [0.25, 0.3) is 0 Å². The summed E-state index contributed by atoms with van der Waals surface area (Å²) in [5.41, 5.74) is 5.20. The summed E-state index contributed by atoms with van der Waals surface area (Å²) in [6.07, 6.45) is 5.25. The number of benzene rings is 2. The zero-order chi connectivity index (χ0) is 20.7. The van der Waals surface area contributed by atoms with Crippen LogP contribution in [0, 0.1) is 0 Å². The van der Waals surface area contributed by atoms with Gasteiger partial charge >= 0.3 is 0 Å². The Kier molecular flexibility index (Phi) is 4.53. The molecule has 0 bridgehead atoms. The summed E-state index contributed by atoms with van der Waals surface area (Å²) < 4.78 is 11.9. The summed E-state index contributed by atoms with van der Waals surface area (Å²) in [7, 11) is 0. The third-order valence-corrected chi connectivity index (χ3v) is 6.76. The van der Waals surface area contributed by atoms with E-state index in [1.165, 1.54) is 16.7 Å². The number of ether oxygens (including phenoxy) is 2. The highest BCUT2D eigenvalue weighted by atomic mass is 16.6. The molecule has 6 rings (SSSR count). The molecule has 1 aliphatic carbocycles. The summed E-state index contributed by atoms with van der Waals surface area (Å²) in [5.74, 6) is 2.22. The molecule has 3 aliphatic rings. The van der Waals surface area contributed by atoms with Gasteiger partial charge in [-0.3, -0.25) is 0 Å². The zero-order valence-corrected chi connectivity index (χ0v) is 17.4. The van der Waals surface area contributed by atoms with Crippen molar-refractivity contribution in [1.29, 1.82) is 0 Å². The molecule has 1 fully saturated rings. The van der Waals surface area contributed by atoms with Crippen LogP contribution in [0.15, 0.2) is 54.7 Å². The molecule has 6 heteroatoms. The molecular formula is C25H26N4O2. The number of hydrogen-bond acceptors (Lipinski definition) is 6. The molecule has 2 aromatic carbocycles. The van der Waals surface area contributed by atoms with Crippen LogP contribution >= 0.6 is 0 Å². The molecule has 3 heterocycles. The van der Waals surface area contributed by atoms with Gasteiger partial charge in [-0.05, 0) is 55.6 Å². The fourth-order valence-electron chi connectivity index (χ4n) is 5.19. The molecule has 1 unspecified atom stereocenters. The predicted molar refractivity (Wildman–Crippen MR) is 120 cm³/mol. The highest BCUT2D eigenvalue weighted by Gasteiger charge is 2.40. The van der Waals surface area contributed by atoms with Crippen molar-refractivity contribution in [3.63, 3.8) is 0 Å². The molecule has 2 aliphatic heterocycles. The van der Waals surface area contributed by atoms with Crippen molar-refractivity contribution in [3.8, 4) is 22.8 Å². The molecule has 3 aromatic rings. The molecule has 0 radical (unpaired) electrons. The third kappa shape index (κ3) is 3.31. The Balaban J connectivity index is 1.24. The summed E-state index contributed by atoms with van der Waals surface area (Å²) in [6, 6.07) is 16.6. The van der Waals surface area contributed by atoms with Crippen molar-refractivity contribution in [2.24, 2.45) is 0 Å². The molecule has 1 aromatic heterocycles. The Bertz CT molecular complexity index is 1110. The second-order valence-corrected chi connectivity index (χ2v) is 8.70. The first-order valence-corrected chi connectivity index (χ1v) is 11.1. The van der Waals surface area contributed by atoms with Crippen LogP contribution in [0.4, 0.5) is 5.95 Å². The third-order valence-electron chi connectivity index (χ3n) is 6.76. The molecule has 31 heavy (non-hydrogen) atoms. The summed E-state index contributed by atoms with van der Waals surface area (Å²) >= 11 is 0. The van der Waals surface area contributed by atoms with Gasteiger partial charge in [0.05, 0.1) is 12.2 Å². The molecule has 0 amide bonds. The SMILES string of the molecule is c1ccc2c(c1)OCC(CNc1ncc3c(n1)-c1ccccc1C1(CCNCC1)C3)O2. The molecular weight excluding hydrogens is 388 g/mol. The normalized spacial score (nSPS) is 20.6. The van der Waals surface area contributed by atoms with Crippen molar-refractivity contribution in [2.45, 2.75) is 30.8 Å². The first kappa shape index (κ1) is 18.6. The summed E-state index contributed by atoms with van der Waals surface area (Å²) in [6.45, 7) is 3.23. The Labute approximate surface area is 182 Å². The van der Waals surface area contributed by atoms with Crippen molar-refractivity contribution in [3.05, 3.63) is 65.9 Å². The van der Waals surface area contributed by atoms with E-state index in [2.05, 4.69) is 39.9 Å². The lowest BCUT2D eigenvalue weighted by molar-refractivity contribution is 0.0996. The molecule has 6 nitrogen and oxygen atoms in total. The Hall–Kier alpha value is -3.12. The van der Waals surface area contributed by atoms with E-state index in [1.807, 2.05) is 30.5 Å². The van der Waals surface area contributed by atoms with E-state index in [1.54, 1.807) is 0 Å². The second-order valence-electron chi connectivity index (χ2n) is 8.70. The van der Waals surface area contributed by atoms with E-state index >= 15 is 0 Å². The number of rotatable bonds is 3. The van der Waals surface area contributed by atoms with Crippen LogP contribution in [-0.2, 0) is 11.8 Å². The Morgan fingerprint density at radius 1 is 1.03 bits per heavy atom. The summed E-state index contributed by atoms with van der Waals surface area (Å²) in [4.78, 5) is 9.56. The van der Waals surface area contributed by atoms with Crippen molar-refractivity contribution in [2.75, 3.05) is 31.6 Å². The zero-order valence-electron chi connectivity index (χ0n) is 17.4. The van der Waals surface area contributed by atoms with Gasteiger partial charge in [-0.25, -0.2) is 9.97 Å². The fraction of sp³-hybridized carbons (Fsp3) is 0.360. The minimum atomic E-state index is -0.0835. The highest BCUT2D eigenvalue weighted by Crippen LogP contribution is 2.46. The average Bonchev–Trinajstić information content (AvgIpc) is 2.84. The van der Waals surface area contributed by atoms with Gasteiger partial charge < -0.3 is 20.1 Å². The smallest absolute Gasteiger partial charge is 0.223 e. The largest absolute Gasteiger partial charge is 0.486 e. The monoisotopic (exact) mass is 414 g/mol. The van der Waals surface area contributed by atoms with E-state index in [0.717, 1.165) is 49.5 Å². The molecule has 1 saturated heterocycles. The van der Waals surface area contributed by atoms with Crippen LogP contribution in [0.2, 0.25) is 0 Å². The number of aromatic nitrogens is 2. The maximum absolute atomic E-state index is 6.05. The molecule has 1 spiro atoms. The van der Waals surface area contributed by atoms with Gasteiger partial charge in [0.2, 0.25) is 5.95 Å². The van der Waals surface area contributed by atoms with Gasteiger partial charge in [0.15, 0.2) is 11.5 Å². The number of anilines is 1. The van der Waals surface area contributed by atoms with Crippen molar-refractivity contribution >= 4 is 5.95 Å². The molecule has 158 valence electrons. The van der Waals surface area contributed by atoms with E-state index in [4.69, 9.17) is 14.5 Å². The molecule has 0 saturated carbocycles. The van der Waals surface area contributed by atoms with Crippen LogP contribution in [0.3, 0.4) is 0 Å². The van der Waals surface area contributed by atoms with Gasteiger partial charge in [0.1, 0.15) is 12.7 Å². The second kappa shape index (κ2) is 7.54. The first-order chi connectivity index (χ1) is 15.3. The van der Waals surface area contributed by atoms with Crippen LogP contribution in [0.25, 0.3) is 11.3 Å². The average molecular weight is 415 g/mol. The Morgan fingerprint density at radius 2 is 1.84 bits per heavy atom. The topological polar surface area (TPSA) is 68.3 Å². The van der Waals surface area contributed by atoms with Crippen LogP contribution in [0.5, 0.6) is 11.5 Å². The first-order valence-electron chi connectivity index (χ1n) is 11.1. The highest BCUT2D eigenvalue weighted by molar-refractivity contribution is 5.72. The van der Waals surface area contributed by atoms with Gasteiger partial charge in [0, 0.05) is 17.2 Å². The number of nitrogens with one attached hydrogen (secondary N) is 2. The Morgan fingerprint density at radius 3 is 2.74 bits per heavy atom. The minimum absolute atomic E-state index is 0.0835. The van der Waals surface area contributed by atoms with E-state index in [-0.39, 0.29) is 11.5 Å². The van der Waals surface area contributed by atoms with Crippen molar-refractivity contribution in [1.82, 2.24) is 15.3 Å². The van der Waals surface area contributed by atoms with Crippen LogP contribution in [0.1, 0.15) is 24.0 Å². The van der Waals surface area contributed by atoms with Crippen LogP contribution in [-0.4, -0.2) is 42.3 Å². The van der Waals surface area contributed by atoms with Gasteiger partial charge in [-0.15, -0.1) is 0 Å². The van der Waals surface area contributed by atoms with Crippen LogP contribution < -0.4 is 20.1 Å². The number of piperidine rings is 1. The van der Waals surface area contributed by atoms with E-state index < -0.39 is 0 Å². The number of fused-ring (bicyclic) bond motifs is 5. The lowest BCUT2D eigenvalue weighted by Gasteiger charge is -2.42. The maximum atomic E-state index is 6.05. The molecule has 1 atom stereocenters. The molecule has 2 N–H and O–H groups in total. The fourth-order valence-corrected chi connectivity index (χ4v) is 5.19. The summed E-state index contributed by atoms with van der Waals surface area (Å²) in [5, 5.41) is 6.87. The van der Waals surface area contributed by atoms with Gasteiger partial charge in [-0.2, -0.15) is 0 Å². The lowest BCUT2D eigenvalue weighted by atomic mass is 9.64. The van der Waals surface area contributed by atoms with Crippen molar-refractivity contribution < 1.29 is 9.47 Å².